The lowest BCUT2D eigenvalue weighted by molar-refractivity contribution is 0.500. The van der Waals surface area contributed by atoms with E-state index >= 15 is 0 Å². The first kappa shape index (κ1) is 13.8. The second-order valence-corrected chi connectivity index (χ2v) is 7.09. The van der Waals surface area contributed by atoms with Crippen molar-refractivity contribution in [2.75, 3.05) is 7.05 Å². The fraction of sp³-hybridized carbons (Fsp3) is 0.471. The van der Waals surface area contributed by atoms with E-state index in [1.807, 2.05) is 11.3 Å². The fourth-order valence-corrected chi connectivity index (χ4v) is 4.32. The van der Waals surface area contributed by atoms with E-state index in [4.69, 9.17) is 4.98 Å². The molecule has 1 N–H and O–H groups in total. The lowest BCUT2D eigenvalue weighted by Crippen LogP contribution is -2.20. The van der Waals surface area contributed by atoms with Crippen molar-refractivity contribution in [2.45, 2.75) is 44.6 Å². The zero-order valence-electron chi connectivity index (χ0n) is 12.4. The molecular formula is C17H22N2S. The van der Waals surface area contributed by atoms with Crippen molar-refractivity contribution in [1.29, 1.82) is 0 Å². The summed E-state index contributed by atoms with van der Waals surface area (Å²) in [4.78, 5) is 6.43. The topological polar surface area (TPSA) is 24.9 Å². The number of hydrogen-bond acceptors (Lipinski definition) is 3. The smallest absolute Gasteiger partial charge is 0.103 e. The number of hydrogen-bond donors (Lipinski definition) is 1. The average Bonchev–Trinajstić information content (AvgIpc) is 2.93. The molecule has 1 unspecified atom stereocenters. The van der Waals surface area contributed by atoms with Gasteiger partial charge in [0.2, 0.25) is 0 Å². The number of rotatable bonds is 3. The van der Waals surface area contributed by atoms with Crippen LogP contribution in [0.3, 0.4) is 0 Å². The highest BCUT2D eigenvalue weighted by atomic mass is 32.1. The minimum absolute atomic E-state index is 0.0123. The summed E-state index contributed by atoms with van der Waals surface area (Å²) in [6.07, 6.45) is 3.61. The number of nitrogens with zero attached hydrogens (tertiary/aromatic N) is 1. The van der Waals surface area contributed by atoms with Crippen LogP contribution in [0, 0.1) is 0 Å². The summed E-state index contributed by atoms with van der Waals surface area (Å²) >= 11 is 1.90. The molecule has 1 aliphatic rings. The van der Waals surface area contributed by atoms with Crippen LogP contribution in [-0.2, 0) is 11.8 Å². The fourth-order valence-electron chi connectivity index (χ4n) is 2.94. The van der Waals surface area contributed by atoms with Gasteiger partial charge < -0.3 is 5.32 Å². The van der Waals surface area contributed by atoms with Crippen LogP contribution < -0.4 is 5.32 Å². The van der Waals surface area contributed by atoms with Crippen LogP contribution in [-0.4, -0.2) is 12.0 Å². The largest absolute Gasteiger partial charge is 0.312 e. The summed E-state index contributed by atoms with van der Waals surface area (Å²) in [5, 5.41) is 4.68. The van der Waals surface area contributed by atoms with Crippen LogP contribution >= 0.6 is 11.3 Å². The molecule has 1 aromatic carbocycles. The van der Waals surface area contributed by atoms with Gasteiger partial charge in [-0.3, -0.25) is 0 Å². The maximum Gasteiger partial charge on any atom is 0.103 e. The Kier molecular flexibility index (Phi) is 3.65. The molecule has 2 nitrogen and oxygen atoms in total. The number of benzene rings is 1. The van der Waals surface area contributed by atoms with E-state index < -0.39 is 0 Å². The summed E-state index contributed by atoms with van der Waals surface area (Å²) in [7, 11) is 2.06. The molecule has 20 heavy (non-hydrogen) atoms. The molecule has 1 aromatic heterocycles. The van der Waals surface area contributed by atoms with Crippen molar-refractivity contribution in [3.05, 3.63) is 51.5 Å². The molecule has 0 aliphatic heterocycles. The predicted molar refractivity (Wildman–Crippen MR) is 85.4 cm³/mol. The molecule has 0 bridgehead atoms. The molecule has 0 fully saturated rings. The van der Waals surface area contributed by atoms with Gasteiger partial charge in [-0.25, -0.2) is 4.98 Å². The van der Waals surface area contributed by atoms with Crippen molar-refractivity contribution in [3.63, 3.8) is 0 Å². The van der Waals surface area contributed by atoms with Crippen LogP contribution in [0.15, 0.2) is 30.3 Å². The van der Waals surface area contributed by atoms with Gasteiger partial charge in [0.25, 0.3) is 0 Å². The molecule has 1 atom stereocenters. The SMILES string of the molecule is CNC1CCCc2nc(C(C)(C)c3ccccc3)sc21. The minimum Gasteiger partial charge on any atom is -0.312 e. The first-order valence-corrected chi connectivity index (χ1v) is 8.17. The number of fused-ring (bicyclic) bond motifs is 1. The van der Waals surface area contributed by atoms with Gasteiger partial charge in [0.15, 0.2) is 0 Å². The molecule has 2 aromatic rings. The summed E-state index contributed by atoms with van der Waals surface area (Å²) in [5.41, 5.74) is 2.65. The standard InChI is InChI=1S/C17H22N2S/c1-17(2,12-8-5-4-6-9-12)16-19-14-11-7-10-13(18-3)15(14)20-16/h4-6,8-9,13,18H,7,10-11H2,1-3H3. The second kappa shape index (κ2) is 5.30. The quantitative estimate of drug-likeness (QED) is 0.920. The van der Waals surface area contributed by atoms with Gasteiger partial charge in [-0.1, -0.05) is 30.3 Å². The molecule has 0 saturated carbocycles. The van der Waals surface area contributed by atoms with Crippen LogP contribution in [0.5, 0.6) is 0 Å². The Morgan fingerprint density at radius 3 is 2.70 bits per heavy atom. The third-order valence-electron chi connectivity index (χ3n) is 4.33. The Bertz CT molecular complexity index is 586. The zero-order chi connectivity index (χ0) is 14.2. The molecule has 3 rings (SSSR count). The first-order chi connectivity index (χ1) is 9.63. The summed E-state index contributed by atoms with van der Waals surface area (Å²) in [6, 6.07) is 11.2. The van der Waals surface area contributed by atoms with E-state index in [0.29, 0.717) is 6.04 Å². The monoisotopic (exact) mass is 286 g/mol. The summed E-state index contributed by atoms with van der Waals surface area (Å²) in [5.74, 6) is 0. The van der Waals surface area contributed by atoms with Crippen LogP contribution in [0.2, 0.25) is 0 Å². The van der Waals surface area contributed by atoms with Gasteiger partial charge in [0.05, 0.1) is 5.69 Å². The van der Waals surface area contributed by atoms with E-state index in [0.717, 1.165) is 6.42 Å². The van der Waals surface area contributed by atoms with Crippen molar-refractivity contribution in [3.8, 4) is 0 Å². The normalized spacial score (nSPS) is 18.9. The minimum atomic E-state index is -0.0123. The Morgan fingerprint density at radius 2 is 2.00 bits per heavy atom. The Hall–Kier alpha value is -1.19. The Balaban J connectivity index is 2.01. The molecule has 0 amide bonds. The van der Waals surface area contributed by atoms with Crippen LogP contribution in [0.25, 0.3) is 0 Å². The lowest BCUT2D eigenvalue weighted by atomic mass is 9.85. The molecule has 0 radical (unpaired) electrons. The van der Waals surface area contributed by atoms with E-state index in [1.54, 1.807) is 0 Å². The van der Waals surface area contributed by atoms with Crippen LogP contribution in [0.4, 0.5) is 0 Å². The summed E-state index contributed by atoms with van der Waals surface area (Å²) in [6.45, 7) is 4.56. The molecule has 0 spiro atoms. The van der Waals surface area contributed by atoms with Gasteiger partial charge in [-0.15, -0.1) is 11.3 Å². The molecule has 1 aliphatic carbocycles. The maximum atomic E-state index is 4.98. The van der Waals surface area contributed by atoms with Crippen molar-refractivity contribution < 1.29 is 0 Å². The van der Waals surface area contributed by atoms with E-state index in [1.165, 1.54) is 34.0 Å². The third-order valence-corrected chi connectivity index (χ3v) is 5.86. The predicted octanol–water partition coefficient (Wildman–Crippen LogP) is 4.07. The highest BCUT2D eigenvalue weighted by Gasteiger charge is 2.31. The number of aryl methyl sites for hydroxylation is 1. The van der Waals surface area contributed by atoms with E-state index in [2.05, 4.69) is 56.5 Å². The van der Waals surface area contributed by atoms with Gasteiger partial charge in [0.1, 0.15) is 5.01 Å². The van der Waals surface area contributed by atoms with Gasteiger partial charge in [0, 0.05) is 16.3 Å². The van der Waals surface area contributed by atoms with Gasteiger partial charge in [-0.05, 0) is 45.7 Å². The average molecular weight is 286 g/mol. The van der Waals surface area contributed by atoms with E-state index in [-0.39, 0.29) is 5.41 Å². The van der Waals surface area contributed by atoms with Crippen molar-refractivity contribution in [1.82, 2.24) is 10.3 Å². The second-order valence-electron chi connectivity index (χ2n) is 6.05. The number of aromatic nitrogens is 1. The summed E-state index contributed by atoms with van der Waals surface area (Å²) < 4.78 is 0. The Labute approximate surface area is 125 Å². The van der Waals surface area contributed by atoms with Gasteiger partial charge >= 0.3 is 0 Å². The molecular weight excluding hydrogens is 264 g/mol. The van der Waals surface area contributed by atoms with Crippen LogP contribution in [0.1, 0.15) is 53.9 Å². The Morgan fingerprint density at radius 1 is 1.25 bits per heavy atom. The van der Waals surface area contributed by atoms with Crippen molar-refractivity contribution >= 4 is 11.3 Å². The molecule has 0 saturated heterocycles. The third kappa shape index (κ3) is 2.29. The number of nitrogens with one attached hydrogen (secondary N) is 1. The molecule has 1 heterocycles. The zero-order valence-corrected chi connectivity index (χ0v) is 13.3. The first-order valence-electron chi connectivity index (χ1n) is 7.36. The maximum absolute atomic E-state index is 4.98. The highest BCUT2D eigenvalue weighted by Crippen LogP contribution is 2.40. The van der Waals surface area contributed by atoms with Crippen molar-refractivity contribution in [2.24, 2.45) is 0 Å². The number of thiazole rings is 1. The highest BCUT2D eigenvalue weighted by molar-refractivity contribution is 7.12. The molecule has 3 heteroatoms. The molecule has 106 valence electrons. The lowest BCUT2D eigenvalue weighted by Gasteiger charge is -2.22. The van der Waals surface area contributed by atoms with Gasteiger partial charge in [-0.2, -0.15) is 0 Å². The van der Waals surface area contributed by atoms with E-state index in [9.17, 15) is 0 Å².